The monoisotopic (exact) mass is 495 g/mol. The lowest BCUT2D eigenvalue weighted by atomic mass is 10.1. The zero-order valence-corrected chi connectivity index (χ0v) is 20.7. The van der Waals surface area contributed by atoms with Crippen LogP contribution in [0.5, 0.6) is 5.75 Å². The highest BCUT2D eigenvalue weighted by molar-refractivity contribution is 7.13. The lowest BCUT2D eigenvalue weighted by Gasteiger charge is -2.31. The van der Waals surface area contributed by atoms with Crippen molar-refractivity contribution in [1.82, 2.24) is 15.2 Å². The number of hydrogen-bond acceptors (Lipinski definition) is 8. The molecule has 9 heteroatoms. The number of benzene rings is 2. The third kappa shape index (κ3) is 4.66. The SMILES string of the molecule is COc1ccc(CNc2nnc(N3CCC(O)CC3)c3ccc(-c4nc(C)cs4)cc23)cc1Cl. The lowest BCUT2D eigenvalue weighted by Crippen LogP contribution is -2.36. The number of methoxy groups -OCH3 is 1. The van der Waals surface area contributed by atoms with Gasteiger partial charge in [0.25, 0.3) is 0 Å². The zero-order chi connectivity index (χ0) is 23.7. The molecule has 34 heavy (non-hydrogen) atoms. The summed E-state index contributed by atoms with van der Waals surface area (Å²) in [5.74, 6) is 2.20. The number of nitrogens with one attached hydrogen (secondary N) is 1. The standard InChI is InChI=1S/C25H26ClN5O2S/c1-15-14-34-25(28-15)17-4-5-19-20(12-17)23(27-13-16-3-6-22(33-2)21(26)11-16)29-30-24(19)31-9-7-18(32)8-10-31/h3-6,11-12,14,18,32H,7-10,13H2,1-2H3,(H,27,29). The first kappa shape index (κ1) is 22.8. The number of piperidine rings is 1. The number of aliphatic hydroxyl groups is 1. The molecule has 2 aromatic carbocycles. The molecule has 176 valence electrons. The maximum Gasteiger partial charge on any atom is 0.159 e. The van der Waals surface area contributed by atoms with Gasteiger partial charge in [-0.1, -0.05) is 23.7 Å². The molecule has 2 N–H and O–H groups in total. The number of thiazole rings is 1. The molecule has 4 aromatic rings. The van der Waals surface area contributed by atoms with Gasteiger partial charge in [0.2, 0.25) is 0 Å². The quantitative estimate of drug-likeness (QED) is 0.375. The van der Waals surface area contributed by atoms with Crippen molar-refractivity contribution < 1.29 is 9.84 Å². The van der Waals surface area contributed by atoms with Crippen molar-refractivity contribution in [2.24, 2.45) is 0 Å². The van der Waals surface area contributed by atoms with Crippen LogP contribution < -0.4 is 15.0 Å². The van der Waals surface area contributed by atoms with Crippen molar-refractivity contribution in [1.29, 1.82) is 0 Å². The average molecular weight is 496 g/mol. The second kappa shape index (κ2) is 9.74. The summed E-state index contributed by atoms with van der Waals surface area (Å²) in [5, 5.41) is 28.2. The van der Waals surface area contributed by atoms with Gasteiger partial charge < -0.3 is 20.1 Å². The van der Waals surface area contributed by atoms with E-state index in [0.717, 1.165) is 64.3 Å². The smallest absolute Gasteiger partial charge is 0.159 e. The molecule has 1 fully saturated rings. The molecule has 7 nitrogen and oxygen atoms in total. The van der Waals surface area contributed by atoms with E-state index in [-0.39, 0.29) is 6.10 Å². The number of anilines is 2. The fraction of sp³-hybridized carbons (Fsp3) is 0.320. The highest BCUT2D eigenvalue weighted by atomic mass is 35.5. The molecule has 3 heterocycles. The van der Waals surface area contributed by atoms with Crippen molar-refractivity contribution in [2.75, 3.05) is 30.4 Å². The number of nitrogens with zero attached hydrogens (tertiary/aromatic N) is 4. The van der Waals surface area contributed by atoms with E-state index < -0.39 is 0 Å². The molecule has 5 rings (SSSR count). The third-order valence-electron chi connectivity index (χ3n) is 6.07. The lowest BCUT2D eigenvalue weighted by molar-refractivity contribution is 0.145. The molecule has 1 saturated heterocycles. The Morgan fingerprint density at radius 3 is 2.68 bits per heavy atom. The van der Waals surface area contributed by atoms with Crippen molar-refractivity contribution in [3.8, 4) is 16.3 Å². The van der Waals surface area contributed by atoms with E-state index in [9.17, 15) is 5.11 Å². The van der Waals surface area contributed by atoms with Crippen LogP contribution in [0.1, 0.15) is 24.1 Å². The Kier molecular flexibility index (Phi) is 6.54. The molecule has 0 atom stereocenters. The highest BCUT2D eigenvalue weighted by Crippen LogP contribution is 2.35. The van der Waals surface area contributed by atoms with E-state index in [1.165, 1.54) is 0 Å². The summed E-state index contributed by atoms with van der Waals surface area (Å²) in [6.07, 6.45) is 1.22. The molecule has 0 bridgehead atoms. The maximum absolute atomic E-state index is 9.93. The van der Waals surface area contributed by atoms with E-state index >= 15 is 0 Å². The van der Waals surface area contributed by atoms with Gasteiger partial charge in [0.15, 0.2) is 11.6 Å². The number of halogens is 1. The van der Waals surface area contributed by atoms with Gasteiger partial charge in [0.05, 0.1) is 18.2 Å². The molecule has 0 amide bonds. The zero-order valence-electron chi connectivity index (χ0n) is 19.1. The summed E-state index contributed by atoms with van der Waals surface area (Å²) >= 11 is 7.94. The largest absolute Gasteiger partial charge is 0.495 e. The minimum absolute atomic E-state index is 0.243. The van der Waals surface area contributed by atoms with E-state index in [2.05, 4.69) is 49.0 Å². The van der Waals surface area contributed by atoms with Crippen LogP contribution in [0.4, 0.5) is 11.6 Å². The molecule has 0 spiro atoms. The Bertz CT molecular complexity index is 1320. The Balaban J connectivity index is 1.52. The summed E-state index contributed by atoms with van der Waals surface area (Å²) in [6, 6.07) is 12.1. The van der Waals surface area contributed by atoms with Gasteiger partial charge in [-0.3, -0.25) is 0 Å². The molecule has 1 aliphatic rings. The van der Waals surface area contributed by atoms with Crippen LogP contribution in [0.25, 0.3) is 21.3 Å². The van der Waals surface area contributed by atoms with Crippen LogP contribution in [0.3, 0.4) is 0 Å². The van der Waals surface area contributed by atoms with Crippen LogP contribution in [0.15, 0.2) is 41.8 Å². The Morgan fingerprint density at radius 2 is 1.97 bits per heavy atom. The van der Waals surface area contributed by atoms with Crippen LogP contribution in [-0.4, -0.2) is 46.6 Å². The highest BCUT2D eigenvalue weighted by Gasteiger charge is 2.22. The minimum atomic E-state index is -0.243. The van der Waals surface area contributed by atoms with E-state index in [1.807, 2.05) is 25.1 Å². The predicted octanol–water partition coefficient (Wildman–Crippen LogP) is 5.30. The fourth-order valence-electron chi connectivity index (χ4n) is 4.21. The topological polar surface area (TPSA) is 83.4 Å². The molecule has 2 aromatic heterocycles. The van der Waals surface area contributed by atoms with E-state index in [4.69, 9.17) is 16.3 Å². The van der Waals surface area contributed by atoms with Gasteiger partial charge in [0, 0.05) is 47.0 Å². The number of rotatable bonds is 6. The average Bonchev–Trinajstić information content (AvgIpc) is 3.29. The van der Waals surface area contributed by atoms with Gasteiger partial charge in [-0.05, 0) is 49.6 Å². The van der Waals surface area contributed by atoms with Gasteiger partial charge in [-0.15, -0.1) is 21.5 Å². The van der Waals surface area contributed by atoms with Crippen LogP contribution in [0.2, 0.25) is 5.02 Å². The second-order valence-electron chi connectivity index (χ2n) is 8.47. The summed E-state index contributed by atoms with van der Waals surface area (Å²) in [7, 11) is 1.60. The molecule has 0 radical (unpaired) electrons. The number of fused-ring (bicyclic) bond motifs is 1. The predicted molar refractivity (Wildman–Crippen MR) is 138 cm³/mol. The van der Waals surface area contributed by atoms with Gasteiger partial charge in [-0.2, -0.15) is 0 Å². The van der Waals surface area contributed by atoms with Crippen molar-refractivity contribution >= 4 is 45.3 Å². The Labute approximate surface area is 207 Å². The maximum atomic E-state index is 9.93. The normalized spacial score (nSPS) is 14.5. The second-order valence-corrected chi connectivity index (χ2v) is 9.73. The summed E-state index contributed by atoms with van der Waals surface area (Å²) < 4.78 is 5.25. The van der Waals surface area contributed by atoms with Crippen LogP contribution in [0, 0.1) is 6.92 Å². The number of aromatic nitrogens is 3. The first-order valence-corrected chi connectivity index (χ1v) is 12.5. The molecule has 0 saturated carbocycles. The number of aryl methyl sites for hydroxylation is 1. The first-order chi connectivity index (χ1) is 16.5. The number of ether oxygens (including phenoxy) is 1. The summed E-state index contributed by atoms with van der Waals surface area (Å²) in [6.45, 7) is 4.07. The van der Waals surface area contributed by atoms with Gasteiger partial charge >= 0.3 is 0 Å². The third-order valence-corrected chi connectivity index (χ3v) is 7.37. The molecule has 1 aliphatic heterocycles. The Morgan fingerprint density at radius 1 is 1.15 bits per heavy atom. The number of aliphatic hydroxyl groups excluding tert-OH is 1. The van der Waals surface area contributed by atoms with Gasteiger partial charge in [0.1, 0.15) is 10.8 Å². The van der Waals surface area contributed by atoms with Crippen molar-refractivity contribution in [3.05, 3.63) is 58.1 Å². The molecule has 0 unspecified atom stereocenters. The van der Waals surface area contributed by atoms with Crippen LogP contribution in [-0.2, 0) is 6.54 Å². The van der Waals surface area contributed by atoms with E-state index in [1.54, 1.807) is 18.4 Å². The van der Waals surface area contributed by atoms with Gasteiger partial charge in [-0.25, -0.2) is 4.98 Å². The Hall–Kier alpha value is -2.94. The molecule has 0 aliphatic carbocycles. The minimum Gasteiger partial charge on any atom is -0.495 e. The molecular formula is C25H26ClN5O2S. The number of hydrogen-bond donors (Lipinski definition) is 2. The first-order valence-electron chi connectivity index (χ1n) is 11.2. The van der Waals surface area contributed by atoms with Crippen molar-refractivity contribution in [2.45, 2.75) is 32.4 Å². The fourth-order valence-corrected chi connectivity index (χ4v) is 5.28. The molecular weight excluding hydrogens is 470 g/mol. The van der Waals surface area contributed by atoms with Crippen molar-refractivity contribution in [3.63, 3.8) is 0 Å². The summed E-state index contributed by atoms with van der Waals surface area (Å²) in [4.78, 5) is 6.87. The summed E-state index contributed by atoms with van der Waals surface area (Å²) in [5.41, 5.74) is 3.07. The van der Waals surface area contributed by atoms with Crippen LogP contribution >= 0.6 is 22.9 Å². The van der Waals surface area contributed by atoms with E-state index in [0.29, 0.717) is 23.1 Å².